The van der Waals surface area contributed by atoms with E-state index in [1.807, 2.05) is 0 Å². The molecule has 1 aliphatic heterocycles. The van der Waals surface area contributed by atoms with Gasteiger partial charge in [0.1, 0.15) is 6.04 Å². The summed E-state index contributed by atoms with van der Waals surface area (Å²) in [6, 6.07) is 0.520. The molecule has 0 aromatic carbocycles. The molecule has 1 saturated carbocycles. The molecular formula is C16H28N2O. The first-order valence-corrected chi connectivity index (χ1v) is 7.97. The van der Waals surface area contributed by atoms with E-state index in [-0.39, 0.29) is 11.9 Å². The van der Waals surface area contributed by atoms with E-state index < -0.39 is 0 Å². The number of likely N-dealkylation sites (tertiary alicyclic amines) is 1. The average Bonchev–Trinajstić information content (AvgIpc) is 3.07. The number of nitrogens with zero attached hydrogens (tertiary/aromatic N) is 1. The van der Waals surface area contributed by atoms with Crippen LogP contribution in [0.1, 0.15) is 64.7 Å². The molecule has 19 heavy (non-hydrogen) atoms. The van der Waals surface area contributed by atoms with Gasteiger partial charge in [0.25, 0.3) is 0 Å². The fraction of sp³-hybridized carbons (Fsp3) is 0.812. The van der Waals surface area contributed by atoms with Gasteiger partial charge < -0.3 is 10.2 Å². The highest BCUT2D eigenvalue weighted by molar-refractivity contribution is 5.82. The van der Waals surface area contributed by atoms with Gasteiger partial charge in [0.15, 0.2) is 0 Å². The Bertz CT molecular complexity index is 323. The number of carbonyl (C=O) groups excluding carboxylic acids is 1. The Balaban J connectivity index is 1.76. The second-order valence-electron chi connectivity index (χ2n) is 6.01. The van der Waals surface area contributed by atoms with Crippen molar-refractivity contribution in [1.82, 2.24) is 10.2 Å². The zero-order valence-corrected chi connectivity index (χ0v) is 12.3. The normalized spacial score (nSPS) is 22.6. The molecule has 3 nitrogen and oxygen atoms in total. The number of amides is 1. The Morgan fingerprint density at radius 3 is 2.74 bits per heavy atom. The van der Waals surface area contributed by atoms with Gasteiger partial charge in [-0.25, -0.2) is 0 Å². The van der Waals surface area contributed by atoms with Gasteiger partial charge in [-0.05, 0) is 38.5 Å². The fourth-order valence-electron chi connectivity index (χ4n) is 2.84. The van der Waals surface area contributed by atoms with Crippen LogP contribution in [0.2, 0.25) is 0 Å². The minimum atomic E-state index is 0.0549. The Morgan fingerprint density at radius 2 is 2.05 bits per heavy atom. The van der Waals surface area contributed by atoms with Crippen LogP contribution in [0, 0.1) is 0 Å². The van der Waals surface area contributed by atoms with Crippen LogP contribution < -0.4 is 5.32 Å². The third kappa shape index (κ3) is 4.26. The summed E-state index contributed by atoms with van der Waals surface area (Å²) in [6.45, 7) is 7.45. The first-order chi connectivity index (χ1) is 9.22. The first kappa shape index (κ1) is 14.4. The molecule has 0 radical (unpaired) electrons. The van der Waals surface area contributed by atoms with Crippen molar-refractivity contribution in [2.24, 2.45) is 0 Å². The smallest absolute Gasteiger partial charge is 0.242 e. The largest absolute Gasteiger partial charge is 0.363 e. The Kier molecular flexibility index (Phi) is 5.29. The molecule has 108 valence electrons. The Labute approximate surface area is 117 Å². The molecule has 0 aromatic rings. The summed E-state index contributed by atoms with van der Waals surface area (Å²) in [5, 5.41) is 3.14. The molecule has 1 amide bonds. The lowest BCUT2D eigenvalue weighted by Crippen LogP contribution is -2.43. The van der Waals surface area contributed by atoms with Crippen molar-refractivity contribution in [2.45, 2.75) is 76.8 Å². The van der Waals surface area contributed by atoms with Crippen LogP contribution in [0.15, 0.2) is 12.3 Å². The summed E-state index contributed by atoms with van der Waals surface area (Å²) in [5.41, 5.74) is 1.17. The van der Waals surface area contributed by atoms with Crippen LogP contribution in [0.5, 0.6) is 0 Å². The number of rotatable bonds is 8. The first-order valence-electron chi connectivity index (χ1n) is 7.97. The fourth-order valence-corrected chi connectivity index (χ4v) is 2.84. The molecule has 2 fully saturated rings. The molecule has 2 rings (SSSR count). The standard InChI is InChI=1S/C16H28N2O/c1-3-4-5-6-8-13(2)18-12-7-9-15(18)16(19)17-14-10-11-14/h14-15H,2-12H2,1H3,(H,17,19). The van der Waals surface area contributed by atoms with Gasteiger partial charge in [-0.15, -0.1) is 0 Å². The van der Waals surface area contributed by atoms with Gasteiger partial charge in [0, 0.05) is 18.3 Å². The van der Waals surface area contributed by atoms with E-state index in [0.717, 1.165) is 38.6 Å². The van der Waals surface area contributed by atoms with Gasteiger partial charge >= 0.3 is 0 Å². The summed E-state index contributed by atoms with van der Waals surface area (Å²) >= 11 is 0. The summed E-state index contributed by atoms with van der Waals surface area (Å²) < 4.78 is 0. The second kappa shape index (κ2) is 6.97. The van der Waals surface area contributed by atoms with E-state index in [4.69, 9.17) is 0 Å². The maximum Gasteiger partial charge on any atom is 0.242 e. The monoisotopic (exact) mass is 264 g/mol. The minimum Gasteiger partial charge on any atom is -0.363 e. The molecule has 2 aliphatic rings. The maximum absolute atomic E-state index is 12.2. The van der Waals surface area contributed by atoms with Crippen molar-refractivity contribution in [1.29, 1.82) is 0 Å². The number of carbonyl (C=O) groups is 1. The predicted molar refractivity (Wildman–Crippen MR) is 78.8 cm³/mol. The predicted octanol–water partition coefficient (Wildman–Crippen LogP) is 3.21. The van der Waals surface area contributed by atoms with Crippen LogP contribution in [-0.4, -0.2) is 29.4 Å². The Morgan fingerprint density at radius 1 is 1.26 bits per heavy atom. The molecule has 1 aliphatic carbocycles. The highest BCUT2D eigenvalue weighted by Crippen LogP contribution is 2.26. The van der Waals surface area contributed by atoms with Crippen molar-refractivity contribution in [3.05, 3.63) is 12.3 Å². The summed E-state index contributed by atoms with van der Waals surface area (Å²) in [4.78, 5) is 14.4. The van der Waals surface area contributed by atoms with E-state index in [1.54, 1.807) is 0 Å². The van der Waals surface area contributed by atoms with Crippen molar-refractivity contribution in [3.63, 3.8) is 0 Å². The molecule has 1 saturated heterocycles. The van der Waals surface area contributed by atoms with E-state index >= 15 is 0 Å². The van der Waals surface area contributed by atoms with Crippen LogP contribution in [-0.2, 0) is 4.79 Å². The van der Waals surface area contributed by atoms with Crippen LogP contribution in [0.25, 0.3) is 0 Å². The lowest BCUT2D eigenvalue weighted by atomic mass is 10.1. The highest BCUT2D eigenvalue weighted by atomic mass is 16.2. The minimum absolute atomic E-state index is 0.0549. The third-order valence-electron chi connectivity index (χ3n) is 4.20. The van der Waals surface area contributed by atoms with Gasteiger partial charge in [0.05, 0.1) is 0 Å². The van der Waals surface area contributed by atoms with Crippen molar-refractivity contribution in [3.8, 4) is 0 Å². The number of nitrogens with one attached hydrogen (secondary N) is 1. The van der Waals surface area contributed by atoms with E-state index in [9.17, 15) is 4.79 Å². The summed E-state index contributed by atoms with van der Waals surface area (Å²) in [6.07, 6.45) is 10.5. The number of hydrogen-bond donors (Lipinski definition) is 1. The zero-order chi connectivity index (χ0) is 13.7. The van der Waals surface area contributed by atoms with Crippen molar-refractivity contribution >= 4 is 5.91 Å². The molecule has 0 spiro atoms. The van der Waals surface area contributed by atoms with Gasteiger partial charge in [-0.2, -0.15) is 0 Å². The third-order valence-corrected chi connectivity index (χ3v) is 4.20. The molecule has 1 heterocycles. The number of hydrogen-bond acceptors (Lipinski definition) is 2. The van der Waals surface area contributed by atoms with E-state index in [1.165, 1.54) is 31.4 Å². The van der Waals surface area contributed by atoms with Gasteiger partial charge in [-0.1, -0.05) is 32.8 Å². The SMILES string of the molecule is C=C(CCCCCC)N1CCCC1C(=O)NC1CC1. The van der Waals surface area contributed by atoms with Crippen molar-refractivity contribution < 1.29 is 4.79 Å². The zero-order valence-electron chi connectivity index (χ0n) is 12.3. The topological polar surface area (TPSA) is 32.3 Å². The lowest BCUT2D eigenvalue weighted by Gasteiger charge is -2.28. The van der Waals surface area contributed by atoms with Crippen LogP contribution >= 0.6 is 0 Å². The van der Waals surface area contributed by atoms with Crippen molar-refractivity contribution in [2.75, 3.05) is 6.54 Å². The lowest BCUT2D eigenvalue weighted by molar-refractivity contribution is -0.125. The second-order valence-corrected chi connectivity index (χ2v) is 6.01. The highest BCUT2D eigenvalue weighted by Gasteiger charge is 2.34. The molecule has 0 aromatic heterocycles. The molecule has 1 unspecified atom stereocenters. The molecular weight excluding hydrogens is 236 g/mol. The van der Waals surface area contributed by atoms with Crippen LogP contribution in [0.4, 0.5) is 0 Å². The van der Waals surface area contributed by atoms with Gasteiger partial charge in [-0.3, -0.25) is 4.79 Å². The van der Waals surface area contributed by atoms with Gasteiger partial charge in [0.2, 0.25) is 5.91 Å². The van der Waals surface area contributed by atoms with Crippen LogP contribution in [0.3, 0.4) is 0 Å². The Hall–Kier alpha value is -0.990. The maximum atomic E-state index is 12.2. The summed E-state index contributed by atoms with van der Waals surface area (Å²) in [7, 11) is 0. The number of allylic oxidation sites excluding steroid dienone is 1. The average molecular weight is 264 g/mol. The summed E-state index contributed by atoms with van der Waals surface area (Å²) in [5.74, 6) is 0.231. The molecule has 0 bridgehead atoms. The van der Waals surface area contributed by atoms with E-state index in [0.29, 0.717) is 6.04 Å². The number of unbranched alkanes of at least 4 members (excludes halogenated alkanes) is 3. The molecule has 3 heteroatoms. The quantitative estimate of drug-likeness (QED) is 0.683. The molecule has 1 atom stereocenters. The molecule has 1 N–H and O–H groups in total. The van der Waals surface area contributed by atoms with E-state index in [2.05, 4.69) is 23.7 Å².